The highest BCUT2D eigenvalue weighted by molar-refractivity contribution is 4.88. The second kappa shape index (κ2) is 8.98. The van der Waals surface area contributed by atoms with Crippen LogP contribution in [0.25, 0.3) is 0 Å². The number of fused-ring (bicyclic) bond motifs is 1. The van der Waals surface area contributed by atoms with E-state index in [9.17, 15) is 0 Å². The summed E-state index contributed by atoms with van der Waals surface area (Å²) in [6, 6.07) is 1.55. The van der Waals surface area contributed by atoms with E-state index >= 15 is 0 Å². The van der Waals surface area contributed by atoms with Gasteiger partial charge in [-0.15, -0.1) is 0 Å². The molecule has 2 atom stereocenters. The van der Waals surface area contributed by atoms with Gasteiger partial charge in [-0.1, -0.05) is 6.42 Å². The first-order chi connectivity index (χ1) is 9.81. The summed E-state index contributed by atoms with van der Waals surface area (Å²) in [4.78, 5) is 5.42. The number of nitrogens with zero attached hydrogens (tertiary/aromatic N) is 2. The van der Waals surface area contributed by atoms with E-state index < -0.39 is 0 Å². The number of rotatable bonds is 8. The summed E-state index contributed by atoms with van der Waals surface area (Å²) < 4.78 is 10.5. The first-order valence-electron chi connectivity index (χ1n) is 8.36. The first kappa shape index (κ1) is 16.2. The minimum atomic E-state index is 0.709. The van der Waals surface area contributed by atoms with Gasteiger partial charge in [-0.3, -0.25) is 9.80 Å². The molecule has 0 aliphatic carbocycles. The highest BCUT2D eigenvalue weighted by Gasteiger charge is 2.32. The van der Waals surface area contributed by atoms with Gasteiger partial charge in [0.2, 0.25) is 0 Å². The maximum Gasteiger partial charge on any atom is 0.0700 e. The molecule has 0 aromatic carbocycles. The lowest BCUT2D eigenvalue weighted by Gasteiger charge is -2.47. The van der Waals surface area contributed by atoms with Gasteiger partial charge < -0.3 is 9.47 Å². The van der Waals surface area contributed by atoms with Gasteiger partial charge in [-0.25, -0.2) is 0 Å². The summed E-state index contributed by atoms with van der Waals surface area (Å²) in [6.45, 7) is 9.82. The SMILES string of the molecule is COCCOCCCCN1CC2CCCCN2CC1C. The molecule has 2 fully saturated rings. The number of piperazine rings is 1. The summed E-state index contributed by atoms with van der Waals surface area (Å²) in [6.07, 6.45) is 6.66. The molecule has 0 aromatic heterocycles. The summed E-state index contributed by atoms with van der Waals surface area (Å²) in [5, 5.41) is 0. The molecule has 4 nitrogen and oxygen atoms in total. The molecule has 2 heterocycles. The Labute approximate surface area is 124 Å². The van der Waals surface area contributed by atoms with E-state index in [-0.39, 0.29) is 0 Å². The van der Waals surface area contributed by atoms with Crippen LogP contribution in [0, 0.1) is 0 Å². The third kappa shape index (κ3) is 4.99. The Balaban J connectivity index is 1.58. The molecule has 0 saturated carbocycles. The fourth-order valence-electron chi connectivity index (χ4n) is 3.49. The highest BCUT2D eigenvalue weighted by atomic mass is 16.5. The molecule has 0 N–H and O–H groups in total. The number of hydrogen-bond acceptors (Lipinski definition) is 4. The zero-order chi connectivity index (χ0) is 14.2. The summed E-state index contributed by atoms with van der Waals surface area (Å²) in [7, 11) is 1.72. The van der Waals surface area contributed by atoms with Crippen molar-refractivity contribution in [2.45, 2.75) is 51.1 Å². The number of hydrogen-bond donors (Lipinski definition) is 0. The summed E-state index contributed by atoms with van der Waals surface area (Å²) >= 11 is 0. The predicted octanol–water partition coefficient (Wildman–Crippen LogP) is 1.99. The van der Waals surface area contributed by atoms with Crippen molar-refractivity contribution in [1.82, 2.24) is 9.80 Å². The van der Waals surface area contributed by atoms with Gasteiger partial charge in [0.1, 0.15) is 0 Å². The Morgan fingerprint density at radius 3 is 2.80 bits per heavy atom. The molecule has 4 heteroatoms. The van der Waals surface area contributed by atoms with Crippen LogP contribution in [0.2, 0.25) is 0 Å². The van der Waals surface area contributed by atoms with Crippen LogP contribution in [-0.2, 0) is 9.47 Å². The third-order valence-electron chi connectivity index (χ3n) is 4.73. The van der Waals surface area contributed by atoms with E-state index in [0.29, 0.717) is 6.61 Å². The van der Waals surface area contributed by atoms with E-state index in [1.165, 1.54) is 58.3 Å². The smallest absolute Gasteiger partial charge is 0.0700 e. The van der Waals surface area contributed by atoms with E-state index in [0.717, 1.165) is 25.3 Å². The van der Waals surface area contributed by atoms with Crippen molar-refractivity contribution >= 4 is 0 Å². The topological polar surface area (TPSA) is 24.9 Å². The molecule has 0 radical (unpaired) electrons. The standard InChI is InChI=1S/C16H32N2O2/c1-15-13-18-9-4-3-7-16(18)14-17(15)8-5-6-10-20-12-11-19-2/h15-16H,3-14H2,1-2H3. The van der Waals surface area contributed by atoms with Gasteiger partial charge in [-0.2, -0.15) is 0 Å². The lowest BCUT2D eigenvalue weighted by atomic mass is 9.97. The Morgan fingerprint density at radius 1 is 1.05 bits per heavy atom. The molecule has 0 spiro atoms. The van der Waals surface area contributed by atoms with E-state index in [1.54, 1.807) is 7.11 Å². The van der Waals surface area contributed by atoms with Gasteiger partial charge in [0, 0.05) is 38.9 Å². The minimum Gasteiger partial charge on any atom is -0.382 e. The molecule has 2 rings (SSSR count). The molecule has 20 heavy (non-hydrogen) atoms. The number of ether oxygens (including phenoxy) is 2. The highest BCUT2D eigenvalue weighted by Crippen LogP contribution is 2.24. The normalized spacial score (nSPS) is 28.5. The lowest BCUT2D eigenvalue weighted by Crippen LogP contribution is -2.58. The first-order valence-corrected chi connectivity index (χ1v) is 8.36. The monoisotopic (exact) mass is 284 g/mol. The minimum absolute atomic E-state index is 0.709. The molecule has 2 aliphatic heterocycles. The van der Waals surface area contributed by atoms with E-state index in [4.69, 9.17) is 9.47 Å². The van der Waals surface area contributed by atoms with Crippen LogP contribution in [0.4, 0.5) is 0 Å². The molecule has 2 aliphatic rings. The Morgan fingerprint density at radius 2 is 1.95 bits per heavy atom. The van der Waals surface area contributed by atoms with Crippen LogP contribution in [0.15, 0.2) is 0 Å². The number of piperidine rings is 1. The van der Waals surface area contributed by atoms with Crippen LogP contribution in [0.3, 0.4) is 0 Å². The van der Waals surface area contributed by atoms with Crippen LogP contribution in [0.1, 0.15) is 39.0 Å². The summed E-state index contributed by atoms with van der Waals surface area (Å²) in [5.74, 6) is 0. The quantitative estimate of drug-likeness (QED) is 0.636. The van der Waals surface area contributed by atoms with Crippen molar-refractivity contribution < 1.29 is 9.47 Å². The van der Waals surface area contributed by atoms with Gasteiger partial charge in [-0.05, 0) is 45.7 Å². The summed E-state index contributed by atoms with van der Waals surface area (Å²) in [5.41, 5.74) is 0. The average molecular weight is 284 g/mol. The van der Waals surface area contributed by atoms with E-state index in [2.05, 4.69) is 16.7 Å². The van der Waals surface area contributed by atoms with Crippen LogP contribution < -0.4 is 0 Å². The third-order valence-corrected chi connectivity index (χ3v) is 4.73. The van der Waals surface area contributed by atoms with Crippen molar-refractivity contribution in [3.63, 3.8) is 0 Å². The molecule has 2 saturated heterocycles. The zero-order valence-electron chi connectivity index (χ0n) is 13.4. The zero-order valence-corrected chi connectivity index (χ0v) is 13.4. The molecule has 2 unspecified atom stereocenters. The van der Waals surface area contributed by atoms with Crippen LogP contribution in [0.5, 0.6) is 0 Å². The fourth-order valence-corrected chi connectivity index (χ4v) is 3.49. The van der Waals surface area contributed by atoms with E-state index in [1.807, 2.05) is 0 Å². The molecule has 0 bridgehead atoms. The largest absolute Gasteiger partial charge is 0.382 e. The maximum atomic E-state index is 5.52. The Hall–Kier alpha value is -0.160. The van der Waals surface area contributed by atoms with Gasteiger partial charge in [0.25, 0.3) is 0 Å². The second-order valence-electron chi connectivity index (χ2n) is 6.30. The van der Waals surface area contributed by atoms with Crippen molar-refractivity contribution in [1.29, 1.82) is 0 Å². The molecular weight excluding hydrogens is 252 g/mol. The number of methoxy groups -OCH3 is 1. The fraction of sp³-hybridized carbons (Fsp3) is 1.00. The van der Waals surface area contributed by atoms with Crippen molar-refractivity contribution in [3.05, 3.63) is 0 Å². The molecule has 0 amide bonds. The van der Waals surface area contributed by atoms with Crippen molar-refractivity contribution in [2.75, 3.05) is 53.1 Å². The average Bonchev–Trinajstić information content (AvgIpc) is 2.46. The molecule has 0 aromatic rings. The Kier molecular flexibility index (Phi) is 7.28. The molecular formula is C16H32N2O2. The van der Waals surface area contributed by atoms with Crippen molar-refractivity contribution in [3.8, 4) is 0 Å². The molecule has 118 valence electrons. The van der Waals surface area contributed by atoms with Gasteiger partial charge in [0.05, 0.1) is 13.2 Å². The number of unbranched alkanes of at least 4 members (excludes halogenated alkanes) is 1. The van der Waals surface area contributed by atoms with Gasteiger partial charge >= 0.3 is 0 Å². The van der Waals surface area contributed by atoms with Crippen LogP contribution >= 0.6 is 0 Å². The second-order valence-corrected chi connectivity index (χ2v) is 6.30. The van der Waals surface area contributed by atoms with Crippen LogP contribution in [-0.4, -0.2) is 75.0 Å². The Bertz CT molecular complexity index is 263. The predicted molar refractivity (Wildman–Crippen MR) is 82.2 cm³/mol. The van der Waals surface area contributed by atoms with Crippen molar-refractivity contribution in [2.24, 2.45) is 0 Å². The van der Waals surface area contributed by atoms with Gasteiger partial charge in [0.15, 0.2) is 0 Å². The lowest BCUT2D eigenvalue weighted by molar-refractivity contribution is 0.0127. The maximum absolute atomic E-state index is 5.52.